The molecule has 0 aromatic carbocycles. The Morgan fingerprint density at radius 2 is 2.21 bits per heavy atom. The van der Waals surface area contributed by atoms with Crippen molar-refractivity contribution in [3.63, 3.8) is 0 Å². The van der Waals surface area contributed by atoms with Gasteiger partial charge in [-0.15, -0.1) is 0 Å². The normalized spacial score (nSPS) is 15.8. The maximum absolute atomic E-state index is 11.1. The van der Waals surface area contributed by atoms with Crippen molar-refractivity contribution >= 4 is 17.2 Å². The number of amides is 1. The van der Waals surface area contributed by atoms with Gasteiger partial charge in [-0.2, -0.15) is 5.10 Å². The summed E-state index contributed by atoms with van der Waals surface area (Å²) >= 11 is 0. The lowest BCUT2D eigenvalue weighted by Gasteiger charge is -2.30. The molecule has 0 radical (unpaired) electrons. The molecule has 1 heterocycles. The van der Waals surface area contributed by atoms with Crippen LogP contribution in [-0.2, 0) is 11.3 Å². The Morgan fingerprint density at radius 1 is 1.50 bits per heavy atom. The van der Waals surface area contributed by atoms with Crippen molar-refractivity contribution in [2.24, 2.45) is 16.6 Å². The molecule has 2 N–H and O–H groups in total. The lowest BCUT2D eigenvalue weighted by molar-refractivity contribution is -0.118. The Morgan fingerprint density at radius 3 is 2.67 bits per heavy atom. The highest BCUT2D eigenvalue weighted by molar-refractivity contribution is 6.15. The molecule has 1 aromatic rings. The van der Waals surface area contributed by atoms with E-state index >= 15 is 0 Å². The Kier molecular flexibility index (Phi) is 5.90. The van der Waals surface area contributed by atoms with E-state index < -0.39 is 5.91 Å². The molecule has 128 valence electrons. The van der Waals surface area contributed by atoms with E-state index in [2.05, 4.69) is 30.5 Å². The van der Waals surface area contributed by atoms with E-state index in [0.29, 0.717) is 5.92 Å². The van der Waals surface area contributed by atoms with Crippen LogP contribution in [0.2, 0.25) is 0 Å². The number of nitrogens with zero attached hydrogens (tertiary/aromatic N) is 3. The van der Waals surface area contributed by atoms with Gasteiger partial charge in [-0.1, -0.05) is 30.7 Å². The summed E-state index contributed by atoms with van der Waals surface area (Å²) in [6.45, 7) is 8.12. The fraction of sp³-hybridized carbons (Fsp3) is 0.421. The largest absolute Gasteiger partial charge is 0.368 e. The zero-order chi connectivity index (χ0) is 17.7. The van der Waals surface area contributed by atoms with Gasteiger partial charge in [-0.05, 0) is 32.3 Å². The summed E-state index contributed by atoms with van der Waals surface area (Å²) in [4.78, 5) is 15.7. The highest BCUT2D eigenvalue weighted by atomic mass is 16.1. The molecule has 0 spiro atoms. The zero-order valence-corrected chi connectivity index (χ0v) is 14.7. The second-order valence-corrected chi connectivity index (χ2v) is 6.32. The number of aliphatic imine (C=N–C) groups is 1. The van der Waals surface area contributed by atoms with Gasteiger partial charge in [0.15, 0.2) is 0 Å². The van der Waals surface area contributed by atoms with Crippen LogP contribution in [0.15, 0.2) is 47.3 Å². The Labute approximate surface area is 143 Å². The number of hydrogen-bond acceptors (Lipinski definition) is 3. The lowest BCUT2D eigenvalue weighted by atomic mass is 9.76. The molecule has 5 heteroatoms. The number of carbonyl (C=O) groups is 1. The molecule has 1 fully saturated rings. The minimum atomic E-state index is -0.411. The molecule has 0 bridgehead atoms. The minimum absolute atomic E-state index is 0.0723. The van der Waals surface area contributed by atoms with Gasteiger partial charge in [0, 0.05) is 36.0 Å². The van der Waals surface area contributed by atoms with Gasteiger partial charge >= 0.3 is 0 Å². The van der Waals surface area contributed by atoms with Crippen LogP contribution >= 0.6 is 0 Å². The van der Waals surface area contributed by atoms with E-state index in [1.54, 1.807) is 17.0 Å². The Balaban J connectivity index is 2.45. The first-order valence-electron chi connectivity index (χ1n) is 8.26. The predicted molar refractivity (Wildman–Crippen MR) is 98.7 cm³/mol. The number of primary amides is 1. The average Bonchev–Trinajstić information content (AvgIpc) is 2.90. The summed E-state index contributed by atoms with van der Waals surface area (Å²) in [6, 6.07) is 0. The second-order valence-electron chi connectivity index (χ2n) is 6.32. The van der Waals surface area contributed by atoms with Crippen molar-refractivity contribution in [1.82, 2.24) is 9.78 Å². The first kappa shape index (κ1) is 17.9. The summed E-state index contributed by atoms with van der Waals surface area (Å²) in [5.74, 6) is 0.111. The van der Waals surface area contributed by atoms with Crippen molar-refractivity contribution < 1.29 is 4.79 Å². The van der Waals surface area contributed by atoms with Crippen LogP contribution in [0, 0.1) is 5.92 Å². The van der Waals surface area contributed by atoms with Crippen LogP contribution in [0.25, 0.3) is 5.57 Å². The van der Waals surface area contributed by atoms with E-state index in [-0.39, 0.29) is 6.54 Å². The van der Waals surface area contributed by atoms with E-state index in [9.17, 15) is 4.79 Å². The number of nitrogens with two attached hydrogens (primary N) is 1. The standard InChI is InChI=1S/C19H26N4O/c1-5-7-16(15-10-22-23(11-15)12-17(20)24)18(13(2)3)19(21-4)14-8-6-9-14/h5,7,10-11,14H,1,6,8-9,12H2,2-4H3,(H2,20,24)/b16-7-,21-19?. The van der Waals surface area contributed by atoms with Gasteiger partial charge < -0.3 is 5.73 Å². The fourth-order valence-electron chi connectivity index (χ4n) is 3.03. The van der Waals surface area contributed by atoms with Crippen LogP contribution in [0.4, 0.5) is 0 Å². The zero-order valence-electron chi connectivity index (χ0n) is 14.7. The molecule has 0 aliphatic heterocycles. The van der Waals surface area contributed by atoms with Gasteiger partial charge in [0.2, 0.25) is 5.91 Å². The lowest BCUT2D eigenvalue weighted by Crippen LogP contribution is -2.25. The maximum Gasteiger partial charge on any atom is 0.239 e. The molecule has 1 amide bonds. The van der Waals surface area contributed by atoms with E-state index in [4.69, 9.17) is 5.73 Å². The first-order chi connectivity index (χ1) is 11.5. The molecule has 1 aliphatic carbocycles. The van der Waals surface area contributed by atoms with Crippen LogP contribution in [-0.4, -0.2) is 28.4 Å². The second kappa shape index (κ2) is 7.90. The summed E-state index contributed by atoms with van der Waals surface area (Å²) < 4.78 is 1.56. The van der Waals surface area contributed by atoms with Gasteiger partial charge in [-0.25, -0.2) is 0 Å². The van der Waals surface area contributed by atoms with Crippen molar-refractivity contribution in [2.45, 2.75) is 39.7 Å². The summed E-state index contributed by atoms with van der Waals surface area (Å²) in [5, 5.41) is 4.24. The highest BCUT2D eigenvalue weighted by Crippen LogP contribution is 2.36. The topological polar surface area (TPSA) is 73.3 Å². The third-order valence-corrected chi connectivity index (χ3v) is 4.30. The molecule has 2 rings (SSSR count). The van der Waals surface area contributed by atoms with Crippen LogP contribution in [0.3, 0.4) is 0 Å². The molecular formula is C19H26N4O. The van der Waals surface area contributed by atoms with Crippen molar-refractivity contribution in [3.8, 4) is 0 Å². The minimum Gasteiger partial charge on any atom is -0.368 e. The van der Waals surface area contributed by atoms with E-state index in [0.717, 1.165) is 22.4 Å². The van der Waals surface area contributed by atoms with Crippen molar-refractivity contribution in [1.29, 1.82) is 0 Å². The summed E-state index contributed by atoms with van der Waals surface area (Å²) in [5.41, 5.74) is 10.7. The number of rotatable bonds is 7. The van der Waals surface area contributed by atoms with E-state index in [1.807, 2.05) is 19.3 Å². The molecule has 0 atom stereocenters. The van der Waals surface area contributed by atoms with Gasteiger partial charge in [0.25, 0.3) is 0 Å². The van der Waals surface area contributed by atoms with E-state index in [1.165, 1.54) is 24.8 Å². The molecule has 1 aromatic heterocycles. The Bertz CT molecular complexity index is 713. The third-order valence-electron chi connectivity index (χ3n) is 4.30. The van der Waals surface area contributed by atoms with Gasteiger partial charge in [0.1, 0.15) is 6.54 Å². The molecule has 5 nitrogen and oxygen atoms in total. The van der Waals surface area contributed by atoms with Gasteiger partial charge in [0.05, 0.1) is 6.20 Å². The number of carbonyl (C=O) groups excluding carboxylic acids is 1. The maximum atomic E-state index is 11.1. The number of hydrogen-bond donors (Lipinski definition) is 1. The van der Waals surface area contributed by atoms with Crippen molar-refractivity contribution in [3.05, 3.63) is 47.8 Å². The number of aromatic nitrogens is 2. The smallest absolute Gasteiger partial charge is 0.239 e. The molecule has 0 unspecified atom stereocenters. The van der Waals surface area contributed by atoms with Gasteiger partial charge in [-0.3, -0.25) is 14.5 Å². The average molecular weight is 326 g/mol. The third kappa shape index (κ3) is 3.91. The quantitative estimate of drug-likeness (QED) is 0.617. The molecule has 0 saturated heterocycles. The molecular weight excluding hydrogens is 300 g/mol. The Hall–Kier alpha value is -2.43. The summed E-state index contributed by atoms with van der Waals surface area (Å²) in [7, 11) is 1.86. The SMILES string of the molecule is C=C/C=C(\C(C(=NC)C1CCC1)=C(C)C)c1cnn(CC(N)=O)c1. The molecule has 1 aliphatic rings. The molecule has 1 saturated carbocycles. The first-order valence-corrected chi connectivity index (χ1v) is 8.26. The van der Waals surface area contributed by atoms with Crippen LogP contribution in [0.5, 0.6) is 0 Å². The monoisotopic (exact) mass is 326 g/mol. The highest BCUT2D eigenvalue weighted by Gasteiger charge is 2.28. The predicted octanol–water partition coefficient (Wildman–Crippen LogP) is 3.15. The summed E-state index contributed by atoms with van der Waals surface area (Å²) in [6.07, 6.45) is 11.0. The van der Waals surface area contributed by atoms with Crippen molar-refractivity contribution in [2.75, 3.05) is 7.05 Å². The van der Waals surface area contributed by atoms with Crippen LogP contribution < -0.4 is 5.73 Å². The number of allylic oxidation sites excluding steroid dienone is 5. The molecule has 24 heavy (non-hydrogen) atoms. The van der Waals surface area contributed by atoms with Crippen LogP contribution in [0.1, 0.15) is 38.7 Å². The fourth-order valence-corrected chi connectivity index (χ4v) is 3.03.